The standard InChI is InChI=1S/C11H14ClFO3S/c1-3-11(12,17(2,15)16)10(14)8-4-6-9(13)7-5-8/h4-7,10,14H,3H2,1-2H3/t10-,11+/m1/s1. The Kier molecular flexibility index (Phi) is 4.17. The molecule has 0 aromatic heterocycles. The van der Waals surface area contributed by atoms with Gasteiger partial charge in [-0.3, -0.25) is 0 Å². The predicted molar refractivity (Wildman–Crippen MR) is 65.1 cm³/mol. The molecular formula is C11H14ClFO3S. The number of sulfone groups is 1. The topological polar surface area (TPSA) is 54.4 Å². The number of halogens is 2. The van der Waals surface area contributed by atoms with Gasteiger partial charge in [0.05, 0.1) is 0 Å². The first-order valence-electron chi connectivity index (χ1n) is 5.04. The van der Waals surface area contributed by atoms with Gasteiger partial charge in [-0.1, -0.05) is 30.7 Å². The number of rotatable bonds is 4. The first kappa shape index (κ1) is 14.4. The van der Waals surface area contributed by atoms with Crippen LogP contribution in [0.4, 0.5) is 4.39 Å². The third-order valence-corrected chi connectivity index (χ3v) is 5.75. The second kappa shape index (κ2) is 4.92. The maximum absolute atomic E-state index is 12.7. The molecular weight excluding hydrogens is 267 g/mol. The Balaban J connectivity index is 3.19. The Labute approximate surface area is 105 Å². The van der Waals surface area contributed by atoms with Crippen LogP contribution in [0.25, 0.3) is 0 Å². The molecule has 0 aliphatic heterocycles. The third-order valence-electron chi connectivity index (χ3n) is 2.69. The van der Waals surface area contributed by atoms with Crippen molar-refractivity contribution in [3.63, 3.8) is 0 Å². The van der Waals surface area contributed by atoms with Gasteiger partial charge in [-0.05, 0) is 24.1 Å². The first-order chi connectivity index (χ1) is 7.72. The lowest BCUT2D eigenvalue weighted by atomic mass is 10.0. The van der Waals surface area contributed by atoms with Crippen LogP contribution in [0.3, 0.4) is 0 Å². The first-order valence-corrected chi connectivity index (χ1v) is 7.31. The fraction of sp³-hybridized carbons (Fsp3) is 0.455. The molecule has 0 saturated carbocycles. The largest absolute Gasteiger partial charge is 0.385 e. The molecule has 96 valence electrons. The van der Waals surface area contributed by atoms with Crippen molar-refractivity contribution in [3.05, 3.63) is 35.6 Å². The molecule has 0 bridgehead atoms. The summed E-state index contributed by atoms with van der Waals surface area (Å²) in [4.78, 5) is 0. The van der Waals surface area contributed by atoms with Crippen LogP contribution in [0, 0.1) is 5.82 Å². The van der Waals surface area contributed by atoms with Gasteiger partial charge in [0.2, 0.25) is 0 Å². The highest BCUT2D eigenvalue weighted by molar-refractivity contribution is 7.93. The van der Waals surface area contributed by atoms with Crippen LogP contribution in [-0.2, 0) is 9.84 Å². The summed E-state index contributed by atoms with van der Waals surface area (Å²) in [5.74, 6) is -0.461. The average molecular weight is 281 g/mol. The summed E-state index contributed by atoms with van der Waals surface area (Å²) in [6.45, 7) is 1.57. The van der Waals surface area contributed by atoms with Gasteiger partial charge < -0.3 is 5.11 Å². The highest BCUT2D eigenvalue weighted by Gasteiger charge is 2.44. The summed E-state index contributed by atoms with van der Waals surface area (Å²) >= 11 is 5.99. The molecule has 0 radical (unpaired) electrons. The number of hydrogen-bond acceptors (Lipinski definition) is 3. The summed E-state index contributed by atoms with van der Waals surface area (Å²) in [7, 11) is -3.65. The SMILES string of the molecule is CC[C@@](Cl)([C@H](O)c1ccc(F)cc1)S(C)(=O)=O. The minimum absolute atomic E-state index is 0.0476. The van der Waals surface area contributed by atoms with Crippen molar-refractivity contribution in [3.8, 4) is 0 Å². The van der Waals surface area contributed by atoms with Crippen molar-refractivity contribution in [1.29, 1.82) is 0 Å². The van der Waals surface area contributed by atoms with E-state index in [1.165, 1.54) is 12.1 Å². The molecule has 0 spiro atoms. The van der Waals surface area contributed by atoms with Crippen molar-refractivity contribution in [2.24, 2.45) is 0 Å². The Morgan fingerprint density at radius 2 is 1.88 bits per heavy atom. The van der Waals surface area contributed by atoms with Crippen LogP contribution >= 0.6 is 11.6 Å². The van der Waals surface area contributed by atoms with E-state index in [2.05, 4.69) is 0 Å². The van der Waals surface area contributed by atoms with E-state index < -0.39 is 26.0 Å². The summed E-state index contributed by atoms with van der Waals surface area (Å²) in [5.41, 5.74) is 0.272. The van der Waals surface area contributed by atoms with Crippen molar-refractivity contribution in [2.45, 2.75) is 23.7 Å². The molecule has 1 aromatic carbocycles. The third kappa shape index (κ3) is 2.78. The molecule has 6 heteroatoms. The lowest BCUT2D eigenvalue weighted by molar-refractivity contribution is 0.154. The van der Waals surface area contributed by atoms with Gasteiger partial charge in [-0.2, -0.15) is 0 Å². The summed E-state index contributed by atoms with van der Waals surface area (Å²) in [5, 5.41) is 10.0. The van der Waals surface area contributed by atoms with Gasteiger partial charge in [0.15, 0.2) is 14.0 Å². The number of alkyl halides is 1. The lowest BCUT2D eigenvalue weighted by Crippen LogP contribution is -2.37. The van der Waals surface area contributed by atoms with Gasteiger partial charge in [-0.15, -0.1) is 0 Å². The highest BCUT2D eigenvalue weighted by Crippen LogP contribution is 2.39. The van der Waals surface area contributed by atoms with Gasteiger partial charge >= 0.3 is 0 Å². The molecule has 17 heavy (non-hydrogen) atoms. The number of aliphatic hydroxyl groups is 1. The normalized spacial score (nSPS) is 17.5. The Morgan fingerprint density at radius 1 is 1.41 bits per heavy atom. The lowest BCUT2D eigenvalue weighted by Gasteiger charge is -2.29. The quantitative estimate of drug-likeness (QED) is 0.861. The number of aliphatic hydroxyl groups excluding tert-OH is 1. The van der Waals surface area contributed by atoms with E-state index in [-0.39, 0.29) is 12.0 Å². The van der Waals surface area contributed by atoms with E-state index in [0.717, 1.165) is 18.4 Å². The summed E-state index contributed by atoms with van der Waals surface area (Å²) in [6, 6.07) is 4.93. The maximum atomic E-state index is 12.7. The van der Waals surface area contributed by atoms with E-state index in [1.54, 1.807) is 6.92 Å². The van der Waals surface area contributed by atoms with Crippen LogP contribution in [-0.4, -0.2) is 24.0 Å². The zero-order valence-electron chi connectivity index (χ0n) is 9.52. The second-order valence-corrected chi connectivity index (χ2v) is 7.04. The Hall–Kier alpha value is -0.650. The van der Waals surface area contributed by atoms with Crippen molar-refractivity contribution in [1.82, 2.24) is 0 Å². The molecule has 0 unspecified atom stereocenters. The highest BCUT2D eigenvalue weighted by atomic mass is 35.5. The molecule has 0 saturated heterocycles. The smallest absolute Gasteiger partial charge is 0.174 e. The van der Waals surface area contributed by atoms with Gasteiger partial charge in [0.25, 0.3) is 0 Å². The molecule has 3 nitrogen and oxygen atoms in total. The van der Waals surface area contributed by atoms with Crippen molar-refractivity contribution < 1.29 is 17.9 Å². The molecule has 1 rings (SSSR count). The molecule has 0 aliphatic carbocycles. The minimum atomic E-state index is -3.65. The van der Waals surface area contributed by atoms with Crippen LogP contribution in [0.15, 0.2) is 24.3 Å². The van der Waals surface area contributed by atoms with Crippen molar-refractivity contribution >= 4 is 21.4 Å². The number of hydrogen-bond donors (Lipinski definition) is 1. The Bertz CT molecular complexity index is 486. The number of benzene rings is 1. The van der Waals surface area contributed by atoms with E-state index in [9.17, 15) is 17.9 Å². The second-order valence-electron chi connectivity index (χ2n) is 3.87. The molecule has 0 amide bonds. The molecule has 0 aliphatic rings. The molecule has 2 atom stereocenters. The fourth-order valence-corrected chi connectivity index (χ4v) is 2.74. The van der Waals surface area contributed by atoms with Gasteiger partial charge in [0, 0.05) is 6.26 Å². The van der Waals surface area contributed by atoms with Crippen LogP contribution in [0.1, 0.15) is 25.0 Å². The minimum Gasteiger partial charge on any atom is -0.385 e. The molecule has 0 heterocycles. The summed E-state index contributed by atoms with van der Waals surface area (Å²) < 4.78 is 34.1. The zero-order valence-corrected chi connectivity index (χ0v) is 11.1. The molecule has 1 aromatic rings. The monoisotopic (exact) mass is 280 g/mol. The average Bonchev–Trinajstić information content (AvgIpc) is 2.26. The molecule has 0 fully saturated rings. The van der Waals surface area contributed by atoms with Gasteiger partial charge in [0.1, 0.15) is 11.9 Å². The zero-order chi connectivity index (χ0) is 13.3. The Morgan fingerprint density at radius 3 is 2.24 bits per heavy atom. The predicted octanol–water partition coefficient (Wildman–Crippen LogP) is 2.25. The van der Waals surface area contributed by atoms with E-state index in [4.69, 9.17) is 11.6 Å². The van der Waals surface area contributed by atoms with Crippen LogP contribution in [0.5, 0.6) is 0 Å². The van der Waals surface area contributed by atoms with Crippen molar-refractivity contribution in [2.75, 3.05) is 6.26 Å². The van der Waals surface area contributed by atoms with E-state index in [0.29, 0.717) is 0 Å². The maximum Gasteiger partial charge on any atom is 0.174 e. The van der Waals surface area contributed by atoms with Gasteiger partial charge in [-0.25, -0.2) is 12.8 Å². The summed E-state index contributed by atoms with van der Waals surface area (Å²) in [6.07, 6.45) is -0.382. The van der Waals surface area contributed by atoms with E-state index in [1.807, 2.05) is 0 Å². The molecule has 1 N–H and O–H groups in total. The van der Waals surface area contributed by atoms with E-state index >= 15 is 0 Å². The van der Waals surface area contributed by atoms with Crippen LogP contribution < -0.4 is 0 Å². The van der Waals surface area contributed by atoms with Crippen LogP contribution in [0.2, 0.25) is 0 Å². The fourth-order valence-electron chi connectivity index (χ4n) is 1.55.